The van der Waals surface area contributed by atoms with Gasteiger partial charge in [0, 0.05) is 17.3 Å². The summed E-state index contributed by atoms with van der Waals surface area (Å²) in [5.74, 6) is -0.395. The highest BCUT2D eigenvalue weighted by Gasteiger charge is 2.40. The molecule has 0 fully saturated rings. The number of carbonyl (C=O) groups is 3. The standard InChI is InChI=1S/C28H26ClN3O6/c1-16(2)38-22-8-6-5-7-20(22)31-26(33)17-9-11-18(12-10-17)30-25-24(29)27(34)32(28(25)35)21-15-19(36-3)13-14-23(21)37-4/h5-16,30H,1-4H3,(H,31,33). The highest BCUT2D eigenvalue weighted by Crippen LogP contribution is 2.38. The van der Waals surface area contributed by atoms with Gasteiger partial charge in [-0.1, -0.05) is 23.7 Å². The van der Waals surface area contributed by atoms with Crippen LogP contribution in [0.15, 0.2) is 77.5 Å². The number of hydrogen-bond donors (Lipinski definition) is 2. The van der Waals surface area contributed by atoms with E-state index in [-0.39, 0.29) is 28.4 Å². The SMILES string of the molecule is COc1ccc(OC)c(N2C(=O)C(Cl)=C(Nc3ccc(C(=O)Nc4ccccc4OC(C)C)cc3)C2=O)c1. The van der Waals surface area contributed by atoms with Crippen LogP contribution in [0.3, 0.4) is 0 Å². The molecule has 0 spiro atoms. The number of rotatable bonds is 9. The molecule has 3 amide bonds. The molecule has 0 saturated carbocycles. The Hall–Kier alpha value is -4.50. The number of benzene rings is 3. The number of halogens is 1. The van der Waals surface area contributed by atoms with Crippen LogP contribution in [0.2, 0.25) is 0 Å². The summed E-state index contributed by atoms with van der Waals surface area (Å²) in [5.41, 5.74) is 1.49. The molecule has 0 radical (unpaired) electrons. The van der Waals surface area contributed by atoms with Crippen molar-refractivity contribution < 1.29 is 28.6 Å². The maximum atomic E-state index is 13.2. The van der Waals surface area contributed by atoms with E-state index in [1.165, 1.54) is 20.3 Å². The van der Waals surface area contributed by atoms with Gasteiger partial charge in [0.15, 0.2) is 0 Å². The molecule has 0 unspecified atom stereocenters. The van der Waals surface area contributed by atoms with Gasteiger partial charge >= 0.3 is 0 Å². The van der Waals surface area contributed by atoms with Crippen LogP contribution in [-0.2, 0) is 9.59 Å². The van der Waals surface area contributed by atoms with Crippen LogP contribution in [0.1, 0.15) is 24.2 Å². The zero-order valence-electron chi connectivity index (χ0n) is 21.2. The third kappa shape index (κ3) is 5.42. The van der Waals surface area contributed by atoms with E-state index < -0.39 is 11.8 Å². The van der Waals surface area contributed by atoms with Gasteiger partial charge in [0.2, 0.25) is 0 Å². The van der Waals surface area contributed by atoms with E-state index in [4.69, 9.17) is 25.8 Å². The Balaban J connectivity index is 1.50. The van der Waals surface area contributed by atoms with E-state index in [2.05, 4.69) is 10.6 Å². The molecule has 4 rings (SSSR count). The van der Waals surface area contributed by atoms with Crippen LogP contribution < -0.4 is 29.7 Å². The maximum absolute atomic E-state index is 13.2. The Morgan fingerprint density at radius 2 is 1.61 bits per heavy atom. The molecule has 3 aromatic rings. The van der Waals surface area contributed by atoms with Crippen molar-refractivity contribution in [1.82, 2.24) is 0 Å². The molecular formula is C28H26ClN3O6. The molecule has 0 bridgehead atoms. The second-order valence-electron chi connectivity index (χ2n) is 8.49. The molecule has 1 aliphatic heterocycles. The molecular weight excluding hydrogens is 510 g/mol. The Labute approximate surface area is 224 Å². The van der Waals surface area contributed by atoms with Gasteiger partial charge in [-0.25, -0.2) is 4.90 Å². The van der Waals surface area contributed by atoms with Gasteiger partial charge in [0.1, 0.15) is 28.0 Å². The van der Waals surface area contributed by atoms with E-state index in [1.54, 1.807) is 54.6 Å². The van der Waals surface area contributed by atoms with E-state index in [9.17, 15) is 14.4 Å². The molecule has 0 atom stereocenters. The van der Waals surface area contributed by atoms with Gasteiger partial charge in [-0.3, -0.25) is 14.4 Å². The van der Waals surface area contributed by atoms with Gasteiger partial charge in [-0.2, -0.15) is 0 Å². The minimum Gasteiger partial charge on any atom is -0.497 e. The Morgan fingerprint density at radius 1 is 0.895 bits per heavy atom. The summed E-state index contributed by atoms with van der Waals surface area (Å²) in [4.78, 5) is 39.9. The summed E-state index contributed by atoms with van der Waals surface area (Å²) in [6.07, 6.45) is -0.0503. The number of imide groups is 1. The van der Waals surface area contributed by atoms with Crippen LogP contribution in [0.25, 0.3) is 0 Å². The predicted molar refractivity (Wildman–Crippen MR) is 145 cm³/mol. The van der Waals surface area contributed by atoms with Crippen LogP contribution >= 0.6 is 11.6 Å². The van der Waals surface area contributed by atoms with E-state index in [0.29, 0.717) is 34.2 Å². The molecule has 10 heteroatoms. The fraction of sp³-hybridized carbons (Fsp3) is 0.179. The normalized spacial score (nSPS) is 13.2. The number of para-hydroxylation sites is 2. The van der Waals surface area contributed by atoms with Crippen LogP contribution in [0.5, 0.6) is 17.2 Å². The third-order valence-electron chi connectivity index (χ3n) is 5.57. The molecule has 1 heterocycles. The summed E-state index contributed by atoms with van der Waals surface area (Å²) in [6.45, 7) is 3.81. The van der Waals surface area contributed by atoms with Crippen molar-refractivity contribution >= 4 is 46.4 Å². The van der Waals surface area contributed by atoms with Gasteiger partial charge < -0.3 is 24.8 Å². The minimum atomic E-state index is -0.705. The van der Waals surface area contributed by atoms with E-state index in [0.717, 1.165) is 4.90 Å². The van der Waals surface area contributed by atoms with Crippen molar-refractivity contribution in [1.29, 1.82) is 0 Å². The first-order valence-corrected chi connectivity index (χ1v) is 12.1. The molecule has 1 aliphatic rings. The summed E-state index contributed by atoms with van der Waals surface area (Å²) < 4.78 is 16.3. The lowest BCUT2D eigenvalue weighted by molar-refractivity contribution is -0.120. The quantitative estimate of drug-likeness (QED) is 0.364. The number of hydrogen-bond acceptors (Lipinski definition) is 7. The average Bonchev–Trinajstić information content (AvgIpc) is 3.12. The summed E-state index contributed by atoms with van der Waals surface area (Å²) in [7, 11) is 2.90. The molecule has 0 aliphatic carbocycles. The monoisotopic (exact) mass is 535 g/mol. The van der Waals surface area contributed by atoms with Gasteiger partial charge in [0.05, 0.1) is 31.7 Å². The number of amides is 3. The highest BCUT2D eigenvalue weighted by atomic mass is 35.5. The van der Waals surface area contributed by atoms with Crippen LogP contribution in [0, 0.1) is 0 Å². The first-order chi connectivity index (χ1) is 18.2. The number of nitrogens with zero attached hydrogens (tertiary/aromatic N) is 1. The lowest BCUT2D eigenvalue weighted by atomic mass is 10.1. The second-order valence-corrected chi connectivity index (χ2v) is 8.87. The van der Waals surface area contributed by atoms with Gasteiger partial charge in [-0.05, 0) is 62.4 Å². The second kappa shape index (κ2) is 11.3. The summed E-state index contributed by atoms with van der Waals surface area (Å²) in [6, 6.07) is 18.3. The van der Waals surface area contributed by atoms with Crippen molar-refractivity contribution in [2.24, 2.45) is 0 Å². The Bertz CT molecular complexity index is 1420. The molecule has 196 valence electrons. The molecule has 9 nitrogen and oxygen atoms in total. The third-order valence-corrected chi connectivity index (χ3v) is 5.92. The summed E-state index contributed by atoms with van der Waals surface area (Å²) >= 11 is 6.27. The zero-order chi connectivity index (χ0) is 27.4. The van der Waals surface area contributed by atoms with E-state index >= 15 is 0 Å². The number of anilines is 3. The smallest absolute Gasteiger partial charge is 0.283 e. The largest absolute Gasteiger partial charge is 0.497 e. The topological polar surface area (TPSA) is 106 Å². The first-order valence-electron chi connectivity index (χ1n) is 11.7. The lowest BCUT2D eigenvalue weighted by Gasteiger charge is -2.19. The maximum Gasteiger partial charge on any atom is 0.283 e. The number of nitrogens with one attached hydrogen (secondary N) is 2. The minimum absolute atomic E-state index is 0.0503. The number of methoxy groups -OCH3 is 2. The first kappa shape index (κ1) is 26.6. The Morgan fingerprint density at radius 3 is 2.26 bits per heavy atom. The lowest BCUT2D eigenvalue weighted by Crippen LogP contribution is -2.32. The fourth-order valence-electron chi connectivity index (χ4n) is 3.77. The van der Waals surface area contributed by atoms with E-state index in [1.807, 2.05) is 19.9 Å². The fourth-order valence-corrected chi connectivity index (χ4v) is 3.98. The van der Waals surface area contributed by atoms with Crippen LogP contribution in [0.4, 0.5) is 17.1 Å². The van der Waals surface area contributed by atoms with Crippen LogP contribution in [-0.4, -0.2) is 38.0 Å². The molecule has 2 N–H and O–H groups in total. The van der Waals surface area contributed by atoms with Crippen molar-refractivity contribution in [2.45, 2.75) is 20.0 Å². The molecule has 0 aromatic heterocycles. The van der Waals surface area contributed by atoms with Crippen molar-refractivity contribution in [3.63, 3.8) is 0 Å². The Kier molecular flexibility index (Phi) is 7.87. The van der Waals surface area contributed by atoms with Crippen molar-refractivity contribution in [3.05, 3.63) is 83.0 Å². The predicted octanol–water partition coefficient (Wildman–Crippen LogP) is 5.18. The van der Waals surface area contributed by atoms with Gasteiger partial charge in [-0.15, -0.1) is 0 Å². The highest BCUT2D eigenvalue weighted by molar-refractivity contribution is 6.53. The molecule has 0 saturated heterocycles. The number of ether oxygens (including phenoxy) is 3. The summed E-state index contributed by atoms with van der Waals surface area (Å²) in [5, 5.41) is 5.47. The average molecular weight is 536 g/mol. The molecule has 38 heavy (non-hydrogen) atoms. The van der Waals surface area contributed by atoms with Crippen molar-refractivity contribution in [3.8, 4) is 17.2 Å². The zero-order valence-corrected chi connectivity index (χ0v) is 22.0. The number of carbonyl (C=O) groups excluding carboxylic acids is 3. The van der Waals surface area contributed by atoms with Crippen molar-refractivity contribution in [2.75, 3.05) is 29.8 Å². The van der Waals surface area contributed by atoms with Gasteiger partial charge in [0.25, 0.3) is 17.7 Å². The molecule has 3 aromatic carbocycles.